The van der Waals surface area contributed by atoms with Crippen molar-refractivity contribution >= 4 is 11.7 Å². The first kappa shape index (κ1) is 27.0. The van der Waals surface area contributed by atoms with Gasteiger partial charge in [0.1, 0.15) is 23.2 Å². The van der Waals surface area contributed by atoms with Crippen LogP contribution in [0.5, 0.6) is 11.5 Å². The van der Waals surface area contributed by atoms with E-state index in [2.05, 4.69) is 9.98 Å². The second kappa shape index (κ2) is 15.7. The number of methoxy groups -OCH3 is 2. The first-order valence-corrected chi connectivity index (χ1v) is 11.0. The van der Waals surface area contributed by atoms with Gasteiger partial charge in [-0.15, -0.1) is 0 Å². The molecule has 6 nitrogen and oxygen atoms in total. The van der Waals surface area contributed by atoms with Crippen LogP contribution in [0.3, 0.4) is 0 Å². The van der Waals surface area contributed by atoms with Gasteiger partial charge in [-0.2, -0.15) is 0 Å². The van der Waals surface area contributed by atoms with Crippen molar-refractivity contribution < 1.29 is 9.47 Å². The summed E-state index contributed by atoms with van der Waals surface area (Å²) in [5.41, 5.74) is 14.0. The minimum atomic E-state index is 0. The third-order valence-corrected chi connectivity index (χ3v) is 5.15. The maximum absolute atomic E-state index is 6.05. The van der Waals surface area contributed by atoms with Crippen LogP contribution in [0.15, 0.2) is 58.5 Å². The quantitative estimate of drug-likeness (QED) is 0.240. The lowest BCUT2D eigenvalue weighted by atomic mass is 10.1. The van der Waals surface area contributed by atoms with Crippen LogP contribution < -0.4 is 20.9 Å². The lowest BCUT2D eigenvalue weighted by molar-refractivity contribution is 0.414. The van der Waals surface area contributed by atoms with Crippen molar-refractivity contribution in [3.63, 3.8) is 0 Å². The zero-order valence-corrected chi connectivity index (χ0v) is 18.8. The molecular weight excluding hydrogens is 400 g/mol. The highest BCUT2D eigenvalue weighted by Gasteiger charge is 2.00. The summed E-state index contributed by atoms with van der Waals surface area (Å²) in [6.45, 7) is 1.55. The van der Waals surface area contributed by atoms with Gasteiger partial charge in [0.15, 0.2) is 0 Å². The van der Waals surface area contributed by atoms with Crippen LogP contribution in [0.2, 0.25) is 0 Å². The van der Waals surface area contributed by atoms with Gasteiger partial charge in [0.2, 0.25) is 0 Å². The summed E-state index contributed by atoms with van der Waals surface area (Å²) in [6, 6.07) is 15.3. The molecule has 176 valence electrons. The van der Waals surface area contributed by atoms with Gasteiger partial charge in [-0.3, -0.25) is 9.98 Å². The molecule has 2 aromatic rings. The number of unbranched alkanes of at least 4 members (excludes halogenated alkanes) is 6. The second-order valence-corrected chi connectivity index (χ2v) is 7.47. The summed E-state index contributed by atoms with van der Waals surface area (Å²) < 4.78 is 10.3. The zero-order valence-electron chi connectivity index (χ0n) is 18.8. The number of nitrogens with two attached hydrogens (primary N) is 2. The van der Waals surface area contributed by atoms with Gasteiger partial charge >= 0.3 is 0 Å². The van der Waals surface area contributed by atoms with Crippen molar-refractivity contribution in [2.24, 2.45) is 21.5 Å². The first-order valence-electron chi connectivity index (χ1n) is 11.0. The number of benzene rings is 2. The van der Waals surface area contributed by atoms with E-state index in [1.165, 1.54) is 32.1 Å². The minimum Gasteiger partial charge on any atom is -0.497 e. The van der Waals surface area contributed by atoms with Gasteiger partial charge in [0.25, 0.3) is 0 Å². The van der Waals surface area contributed by atoms with Crippen molar-refractivity contribution in [3.8, 4) is 11.5 Å². The number of ether oxygens (including phenoxy) is 2. The second-order valence-electron chi connectivity index (χ2n) is 7.47. The highest BCUT2D eigenvalue weighted by molar-refractivity contribution is 5.98. The molecule has 0 bridgehead atoms. The number of hydrogen-bond donors (Lipinski definition) is 2. The molecule has 6 heteroatoms. The minimum absolute atomic E-state index is 0. The summed E-state index contributed by atoms with van der Waals surface area (Å²) in [4.78, 5) is 8.96. The molecule has 0 spiro atoms. The summed E-state index contributed by atoms with van der Waals surface area (Å²) in [5, 5.41) is 0. The lowest BCUT2D eigenvalue weighted by Gasteiger charge is -2.04. The van der Waals surface area contributed by atoms with E-state index in [0.29, 0.717) is 11.7 Å². The van der Waals surface area contributed by atoms with E-state index in [0.717, 1.165) is 48.6 Å². The zero-order chi connectivity index (χ0) is 22.3. The van der Waals surface area contributed by atoms with E-state index in [9.17, 15) is 0 Å². The van der Waals surface area contributed by atoms with Crippen molar-refractivity contribution in [1.29, 1.82) is 0 Å². The Kier molecular flexibility index (Phi) is 13.3. The Labute approximate surface area is 193 Å². The van der Waals surface area contributed by atoms with E-state index in [1.807, 2.05) is 48.5 Å². The van der Waals surface area contributed by atoms with Gasteiger partial charge in [0, 0.05) is 24.2 Å². The van der Waals surface area contributed by atoms with E-state index in [1.54, 1.807) is 14.2 Å². The van der Waals surface area contributed by atoms with Gasteiger partial charge in [0.05, 0.1) is 14.2 Å². The average Bonchev–Trinajstić information content (AvgIpc) is 2.82. The Morgan fingerprint density at radius 2 is 0.906 bits per heavy atom. The van der Waals surface area contributed by atoms with E-state index < -0.39 is 0 Å². The fraction of sp³-hybridized carbons (Fsp3) is 0.462. The Balaban J connectivity index is 0.00000512. The van der Waals surface area contributed by atoms with Gasteiger partial charge in [-0.05, 0) is 61.4 Å². The van der Waals surface area contributed by atoms with Gasteiger partial charge < -0.3 is 20.9 Å². The molecule has 4 N–H and O–H groups in total. The third-order valence-electron chi connectivity index (χ3n) is 5.15. The molecule has 0 unspecified atom stereocenters. The molecule has 0 aliphatic heterocycles. The molecular formula is C26H40N4O2. The number of rotatable bonds is 14. The monoisotopic (exact) mass is 440 g/mol. The Hall–Kier alpha value is -3.02. The molecule has 32 heavy (non-hydrogen) atoms. The molecule has 0 atom stereocenters. The van der Waals surface area contributed by atoms with E-state index >= 15 is 0 Å². The SMILES string of the molecule is C.COc1ccc(C(N)=NCCCCCCCCCN=C(N)c2ccc(OC)cc2)cc1. The number of hydrogen-bond acceptors (Lipinski definition) is 4. The molecule has 0 fully saturated rings. The smallest absolute Gasteiger partial charge is 0.125 e. The third kappa shape index (κ3) is 9.86. The molecule has 2 aromatic carbocycles. The summed E-state index contributed by atoms with van der Waals surface area (Å²) in [5.74, 6) is 2.84. The van der Waals surface area contributed by atoms with E-state index in [4.69, 9.17) is 20.9 Å². The number of nitrogens with zero attached hydrogens (tertiary/aromatic N) is 2. The maximum Gasteiger partial charge on any atom is 0.125 e. The fourth-order valence-corrected chi connectivity index (χ4v) is 3.21. The standard InChI is InChI=1S/C25H36N4O2.CH4/c1-30-22-14-10-20(11-15-22)24(26)28-18-8-6-4-3-5-7-9-19-29-25(27)21-12-16-23(31-2)17-13-21;/h10-17H,3-9,18-19H2,1-2H3,(H2,26,28)(H2,27,29);1H4. The fourth-order valence-electron chi connectivity index (χ4n) is 3.21. The van der Waals surface area contributed by atoms with Crippen molar-refractivity contribution in [1.82, 2.24) is 0 Å². The molecule has 0 aliphatic rings. The van der Waals surface area contributed by atoms with Crippen LogP contribution in [-0.4, -0.2) is 39.0 Å². The van der Waals surface area contributed by atoms with Crippen LogP contribution in [0.4, 0.5) is 0 Å². The summed E-state index contributed by atoms with van der Waals surface area (Å²) in [6.07, 6.45) is 8.21. The maximum atomic E-state index is 6.05. The number of aliphatic imine (C=N–C) groups is 2. The van der Waals surface area contributed by atoms with Crippen LogP contribution in [0.1, 0.15) is 63.5 Å². The Morgan fingerprint density at radius 1 is 0.594 bits per heavy atom. The van der Waals surface area contributed by atoms with Crippen LogP contribution in [0, 0.1) is 0 Å². The van der Waals surface area contributed by atoms with Gasteiger partial charge in [-0.1, -0.05) is 39.5 Å². The Morgan fingerprint density at radius 3 is 1.22 bits per heavy atom. The normalized spacial score (nSPS) is 11.7. The predicted octanol–water partition coefficient (Wildman–Crippen LogP) is 5.18. The van der Waals surface area contributed by atoms with Crippen molar-refractivity contribution in [3.05, 3.63) is 59.7 Å². The molecule has 2 rings (SSSR count). The highest BCUT2D eigenvalue weighted by Crippen LogP contribution is 2.13. The van der Waals surface area contributed by atoms with E-state index in [-0.39, 0.29) is 7.43 Å². The summed E-state index contributed by atoms with van der Waals surface area (Å²) >= 11 is 0. The van der Waals surface area contributed by atoms with Crippen LogP contribution in [0.25, 0.3) is 0 Å². The molecule has 0 aliphatic carbocycles. The Bertz CT molecular complexity index is 745. The molecule has 0 amide bonds. The lowest BCUT2D eigenvalue weighted by Crippen LogP contribution is -2.13. The van der Waals surface area contributed by atoms with Crippen LogP contribution in [-0.2, 0) is 0 Å². The topological polar surface area (TPSA) is 95.2 Å². The van der Waals surface area contributed by atoms with Crippen molar-refractivity contribution in [2.75, 3.05) is 27.3 Å². The molecule has 0 heterocycles. The molecule has 0 saturated heterocycles. The van der Waals surface area contributed by atoms with Gasteiger partial charge in [-0.25, -0.2) is 0 Å². The molecule has 0 aromatic heterocycles. The van der Waals surface area contributed by atoms with Crippen LogP contribution >= 0.6 is 0 Å². The summed E-state index contributed by atoms with van der Waals surface area (Å²) in [7, 11) is 3.31. The predicted molar refractivity (Wildman–Crippen MR) is 136 cm³/mol. The molecule has 0 saturated carbocycles. The van der Waals surface area contributed by atoms with Crippen molar-refractivity contribution in [2.45, 2.75) is 52.4 Å². The average molecular weight is 441 g/mol. The molecule has 0 radical (unpaired) electrons. The first-order chi connectivity index (χ1) is 15.1. The number of amidine groups is 2. The highest BCUT2D eigenvalue weighted by atomic mass is 16.5. The largest absolute Gasteiger partial charge is 0.497 e.